The Labute approximate surface area is 196 Å². The van der Waals surface area contributed by atoms with Crippen LogP contribution in [0, 0.1) is 5.25 Å². The zero-order valence-electron chi connectivity index (χ0n) is 22.0. The number of hydrogen-bond acceptors (Lipinski definition) is 0. The van der Waals surface area contributed by atoms with E-state index in [-0.39, 0.29) is 0 Å². The van der Waals surface area contributed by atoms with Crippen LogP contribution in [0.1, 0.15) is 161 Å². The normalized spacial score (nSPS) is 12.0. The first-order valence-corrected chi connectivity index (χ1v) is 21.9. The Morgan fingerprint density at radius 1 is 0.367 bits per heavy atom. The van der Waals surface area contributed by atoms with Gasteiger partial charge in [-0.15, -0.1) is 0 Å². The second-order valence-corrected chi connectivity index (χ2v) is 21.9. The third-order valence-corrected chi connectivity index (χ3v) is 9.74. The summed E-state index contributed by atoms with van der Waals surface area (Å²) in [6.07, 6.45) is 35.4. The van der Waals surface area contributed by atoms with E-state index in [4.69, 9.17) is 0 Å². The molecular formula is C29H61Ge. The molecule has 1 heteroatoms. The van der Waals surface area contributed by atoms with Gasteiger partial charge in [-0.25, -0.2) is 0 Å². The Bertz CT molecular complexity index is 304. The van der Waals surface area contributed by atoms with Gasteiger partial charge >= 0.3 is 106 Å². The molecule has 0 aliphatic heterocycles. The molecule has 0 fully saturated rings. The van der Waals surface area contributed by atoms with Crippen LogP contribution in [0.25, 0.3) is 0 Å². The van der Waals surface area contributed by atoms with Gasteiger partial charge in [-0.05, 0) is 0 Å². The fraction of sp³-hybridized carbons (Fsp3) is 0.966. The van der Waals surface area contributed by atoms with Gasteiger partial charge in [-0.1, -0.05) is 90.4 Å². The molecule has 0 aromatic rings. The van der Waals surface area contributed by atoms with E-state index in [1.807, 2.05) is 0 Å². The van der Waals surface area contributed by atoms with Gasteiger partial charge in [0.25, 0.3) is 0 Å². The molecule has 0 N–H and O–H groups in total. The van der Waals surface area contributed by atoms with Gasteiger partial charge in [-0.2, -0.15) is 0 Å². The monoisotopic (exact) mass is 483 g/mol. The molecule has 0 aromatic heterocycles. The topological polar surface area (TPSA) is 0 Å². The summed E-state index contributed by atoms with van der Waals surface area (Å²) in [6.45, 7) is 2.30. The van der Waals surface area contributed by atoms with E-state index >= 15 is 0 Å². The Kier molecular flexibility index (Phi) is 24.6. The first-order valence-electron chi connectivity index (χ1n) is 14.4. The SMILES string of the molecule is CCCCCCCCCCCCCCCCCCCCCCCCC[CH][Ge]([CH3])([CH3])[CH3]. The summed E-state index contributed by atoms with van der Waals surface area (Å²) >= 11 is -1.36. The van der Waals surface area contributed by atoms with Crippen molar-refractivity contribution in [3.63, 3.8) is 0 Å². The molecule has 0 unspecified atom stereocenters. The zero-order chi connectivity index (χ0) is 22.2. The van der Waals surface area contributed by atoms with Crippen LogP contribution in [0.2, 0.25) is 17.3 Å². The molecule has 0 amide bonds. The predicted molar refractivity (Wildman–Crippen MR) is 144 cm³/mol. The van der Waals surface area contributed by atoms with Crippen LogP contribution in [0.3, 0.4) is 0 Å². The second-order valence-electron chi connectivity index (χ2n) is 11.1. The summed E-state index contributed by atoms with van der Waals surface area (Å²) in [5, 5.41) is 2.68. The van der Waals surface area contributed by atoms with E-state index in [1.165, 1.54) is 154 Å². The van der Waals surface area contributed by atoms with Gasteiger partial charge in [0, 0.05) is 0 Å². The predicted octanol–water partition coefficient (Wildman–Crippen LogP) is 11.5. The fourth-order valence-electron chi connectivity index (χ4n) is 4.46. The molecule has 0 aliphatic carbocycles. The van der Waals surface area contributed by atoms with Crippen molar-refractivity contribution in [2.45, 2.75) is 178 Å². The molecule has 0 bridgehead atoms. The molecule has 30 heavy (non-hydrogen) atoms. The molecule has 0 aliphatic rings. The minimum atomic E-state index is -1.36. The average Bonchev–Trinajstić information content (AvgIpc) is 2.70. The Morgan fingerprint density at radius 3 is 0.833 bits per heavy atom. The molecule has 181 valence electrons. The van der Waals surface area contributed by atoms with Crippen molar-refractivity contribution in [2.24, 2.45) is 0 Å². The van der Waals surface area contributed by atoms with Crippen LogP contribution in [0.5, 0.6) is 0 Å². The third kappa shape index (κ3) is 28.5. The molecule has 0 aromatic carbocycles. The van der Waals surface area contributed by atoms with E-state index in [9.17, 15) is 0 Å². The number of rotatable bonds is 25. The van der Waals surface area contributed by atoms with Gasteiger partial charge < -0.3 is 0 Å². The molecule has 0 nitrogen and oxygen atoms in total. The Hall–Kier alpha value is 0.543. The fourth-order valence-corrected chi connectivity index (χ4v) is 6.71. The first kappa shape index (κ1) is 30.5. The summed E-state index contributed by atoms with van der Waals surface area (Å²) < 4.78 is 0. The van der Waals surface area contributed by atoms with Crippen LogP contribution in [0.15, 0.2) is 0 Å². The van der Waals surface area contributed by atoms with Crippen molar-refractivity contribution in [3.8, 4) is 0 Å². The average molecular weight is 482 g/mol. The second kappa shape index (κ2) is 24.2. The van der Waals surface area contributed by atoms with Crippen molar-refractivity contribution in [3.05, 3.63) is 5.25 Å². The van der Waals surface area contributed by atoms with E-state index in [0.717, 1.165) is 0 Å². The standard InChI is InChI=1S/C29H61Ge/c1-5-6-7-8-9-10-11-12-13-14-15-16-17-18-19-20-21-22-23-24-25-26-27-28-29-30(2,3)4/h29H,5-28H2,1-4H3. The summed E-state index contributed by atoms with van der Waals surface area (Å²) in [4.78, 5) is 0. The molecule has 0 rings (SSSR count). The summed E-state index contributed by atoms with van der Waals surface area (Å²) in [5.41, 5.74) is 0. The van der Waals surface area contributed by atoms with Crippen molar-refractivity contribution >= 4 is 13.3 Å². The van der Waals surface area contributed by atoms with Gasteiger partial charge in [0.15, 0.2) is 0 Å². The molecule has 0 spiro atoms. The van der Waals surface area contributed by atoms with Crippen LogP contribution < -0.4 is 0 Å². The summed E-state index contributed by atoms with van der Waals surface area (Å²) in [5.74, 6) is 7.50. The van der Waals surface area contributed by atoms with Crippen molar-refractivity contribution in [1.29, 1.82) is 0 Å². The summed E-state index contributed by atoms with van der Waals surface area (Å²) in [6, 6.07) is 0. The molecule has 0 saturated heterocycles. The Balaban J connectivity index is 3.02. The van der Waals surface area contributed by atoms with Crippen molar-refractivity contribution in [2.75, 3.05) is 0 Å². The minimum absolute atomic E-state index is 1.36. The van der Waals surface area contributed by atoms with Gasteiger partial charge in [0.05, 0.1) is 0 Å². The van der Waals surface area contributed by atoms with Gasteiger partial charge in [-0.3, -0.25) is 0 Å². The van der Waals surface area contributed by atoms with Gasteiger partial charge in [0.1, 0.15) is 0 Å². The van der Waals surface area contributed by atoms with Crippen molar-refractivity contribution in [1.82, 2.24) is 0 Å². The van der Waals surface area contributed by atoms with Crippen LogP contribution in [0.4, 0.5) is 0 Å². The quantitative estimate of drug-likeness (QED) is 0.0897. The molecule has 0 heterocycles. The van der Waals surface area contributed by atoms with E-state index in [0.29, 0.717) is 0 Å². The molecule has 0 saturated carbocycles. The number of hydrogen-bond donors (Lipinski definition) is 0. The summed E-state index contributed by atoms with van der Waals surface area (Å²) in [7, 11) is 0. The van der Waals surface area contributed by atoms with Gasteiger partial charge in [0.2, 0.25) is 0 Å². The maximum atomic E-state index is 2.68. The van der Waals surface area contributed by atoms with Crippen LogP contribution in [-0.2, 0) is 0 Å². The molecule has 1 radical (unpaired) electrons. The first-order chi connectivity index (χ1) is 14.6. The molecular weight excluding hydrogens is 421 g/mol. The zero-order valence-corrected chi connectivity index (χ0v) is 24.1. The van der Waals surface area contributed by atoms with E-state index in [2.05, 4.69) is 29.4 Å². The van der Waals surface area contributed by atoms with Crippen LogP contribution >= 0.6 is 0 Å². The Morgan fingerprint density at radius 2 is 0.600 bits per heavy atom. The maximum absolute atomic E-state index is 2.68. The van der Waals surface area contributed by atoms with Crippen LogP contribution in [-0.4, -0.2) is 13.3 Å². The molecule has 0 atom stereocenters. The van der Waals surface area contributed by atoms with Crippen molar-refractivity contribution < 1.29 is 0 Å². The van der Waals surface area contributed by atoms with E-state index < -0.39 is 13.3 Å². The third-order valence-electron chi connectivity index (χ3n) is 6.56. The number of unbranched alkanes of at least 4 members (excludes halogenated alkanes) is 23. The van der Waals surface area contributed by atoms with E-state index in [1.54, 1.807) is 0 Å².